The van der Waals surface area contributed by atoms with Crippen LogP contribution in [0.3, 0.4) is 0 Å². The Bertz CT molecular complexity index is 29.9. The second-order valence-electron chi connectivity index (χ2n) is 0.250. The molecule has 5 heavy (non-hydrogen) atoms. The van der Waals surface area contributed by atoms with Gasteiger partial charge < -0.3 is 14.4 Å². The van der Waals surface area contributed by atoms with Gasteiger partial charge in [0.2, 0.25) is 0 Å². The van der Waals surface area contributed by atoms with Crippen molar-refractivity contribution in [2.45, 2.75) is 0 Å². The van der Waals surface area contributed by atoms with E-state index in [0.29, 0.717) is 0 Å². The first-order valence-electron chi connectivity index (χ1n) is 0.612. The molecule has 3 nitrogen and oxygen atoms in total. The van der Waals surface area contributed by atoms with Crippen LogP contribution in [0.4, 0.5) is 0 Å². The van der Waals surface area contributed by atoms with Gasteiger partial charge in [-0.2, -0.15) is 0 Å². The molecule has 0 aromatic rings. The van der Waals surface area contributed by atoms with Gasteiger partial charge in [-0.15, -0.1) is 0 Å². The van der Waals surface area contributed by atoms with Gasteiger partial charge in [0.1, 0.15) is 0 Å². The Hall–Kier alpha value is 0.669. The average molecular weight is 144 g/mol. The molecule has 1 radical (unpaired) electrons. The van der Waals surface area contributed by atoms with Crippen LogP contribution in [0.15, 0.2) is 0 Å². The van der Waals surface area contributed by atoms with Gasteiger partial charge in [0.25, 0.3) is 0 Å². The fraction of sp³-hybridized carbons (Fsp3) is 0. The van der Waals surface area contributed by atoms with Gasteiger partial charge in [0.15, 0.2) is 0 Å². The molecular weight excluding hydrogens is 143 g/mol. The number of hydrogen-bond donors (Lipinski definition) is 0. The molecule has 0 N–H and O–H groups in total. The molecule has 0 amide bonds. The first-order valence-corrected chi connectivity index (χ1v) is 1.84. The van der Waals surface area contributed by atoms with E-state index in [4.69, 9.17) is 14.4 Å². The van der Waals surface area contributed by atoms with Crippen LogP contribution < -0.4 is 9.79 Å². The van der Waals surface area contributed by atoms with Crippen molar-refractivity contribution >= 4 is 8.25 Å². The minimum atomic E-state index is -3.63. The van der Waals surface area contributed by atoms with Crippen LogP contribution in [-0.2, 0) is 21.6 Å². The third-order valence-corrected chi connectivity index (χ3v) is 0. The quantitative estimate of drug-likeness (QED) is 0.294. The molecule has 0 heterocycles. The number of rotatable bonds is 0. The van der Waals surface area contributed by atoms with Crippen molar-refractivity contribution in [2.24, 2.45) is 0 Å². The van der Waals surface area contributed by atoms with Gasteiger partial charge in [-0.1, -0.05) is 8.25 Å². The summed E-state index contributed by atoms with van der Waals surface area (Å²) in [6.07, 6.45) is 0. The zero-order valence-corrected chi connectivity index (χ0v) is 3.97. The van der Waals surface area contributed by atoms with Gasteiger partial charge in [-0.3, -0.25) is 0 Å². The predicted octanol–water partition coefficient (Wildman–Crippen LogP) is -1.91. The molecule has 0 aliphatic heterocycles. The fourth-order valence-corrected chi connectivity index (χ4v) is 0. The Labute approximate surface area is 40.4 Å². The molecule has 0 saturated heterocycles. The second kappa shape index (κ2) is 4.67. The molecule has 0 aromatic heterocycles. The smallest absolute Gasteiger partial charge is 0.813 e. The van der Waals surface area contributed by atoms with Crippen molar-refractivity contribution in [3.8, 4) is 0 Å². The molecule has 0 aliphatic rings. The van der Waals surface area contributed by atoms with Crippen LogP contribution in [0.2, 0.25) is 0 Å². The van der Waals surface area contributed by atoms with E-state index in [1.165, 1.54) is 0 Å². The summed E-state index contributed by atoms with van der Waals surface area (Å²) in [4.78, 5) is 17.0. The zero-order valence-electron chi connectivity index (χ0n) is 2.03. The van der Waals surface area contributed by atoms with E-state index >= 15 is 0 Å². The summed E-state index contributed by atoms with van der Waals surface area (Å²) in [6, 6.07) is 0. The molecule has 0 atom stereocenters. The molecule has 0 spiro atoms. The maximum absolute atomic E-state index is 8.52. The van der Waals surface area contributed by atoms with E-state index in [-0.39, 0.29) is 17.1 Å². The maximum Gasteiger partial charge on any atom is 2.00 e. The monoisotopic (exact) mass is 143 g/mol. The molecular formula is HCuO3P. The summed E-state index contributed by atoms with van der Waals surface area (Å²) in [5.41, 5.74) is 0. The molecule has 0 unspecified atom stereocenters. The normalized spacial score (nSPS) is 7.00. The van der Waals surface area contributed by atoms with E-state index in [2.05, 4.69) is 0 Å². The Balaban J connectivity index is 0. The van der Waals surface area contributed by atoms with Crippen LogP contribution >= 0.6 is 8.25 Å². The van der Waals surface area contributed by atoms with Crippen molar-refractivity contribution in [3.05, 3.63) is 0 Å². The first kappa shape index (κ1) is 9.18. The van der Waals surface area contributed by atoms with Gasteiger partial charge in [0.05, 0.1) is 0 Å². The van der Waals surface area contributed by atoms with Crippen molar-refractivity contribution in [2.75, 3.05) is 0 Å². The summed E-state index contributed by atoms with van der Waals surface area (Å²) in [5, 5.41) is 0. The SMILES string of the molecule is O=[PH]([O-])[O-].[Cu+2]. The Morgan fingerprint density at radius 2 is 1.40 bits per heavy atom. The van der Waals surface area contributed by atoms with Crippen LogP contribution in [-0.4, -0.2) is 0 Å². The summed E-state index contributed by atoms with van der Waals surface area (Å²) < 4.78 is 8.52. The molecule has 0 rings (SSSR count). The van der Waals surface area contributed by atoms with E-state index in [1.807, 2.05) is 0 Å². The van der Waals surface area contributed by atoms with E-state index in [9.17, 15) is 0 Å². The topological polar surface area (TPSA) is 63.2 Å². The zero-order chi connectivity index (χ0) is 3.58. The molecule has 0 fully saturated rings. The summed E-state index contributed by atoms with van der Waals surface area (Å²) >= 11 is 0. The molecule has 35 valence electrons. The summed E-state index contributed by atoms with van der Waals surface area (Å²) in [5.74, 6) is 0. The maximum atomic E-state index is 8.52. The van der Waals surface area contributed by atoms with E-state index < -0.39 is 8.25 Å². The Morgan fingerprint density at radius 1 is 1.40 bits per heavy atom. The van der Waals surface area contributed by atoms with Gasteiger partial charge in [-0.25, -0.2) is 0 Å². The summed E-state index contributed by atoms with van der Waals surface area (Å²) in [6.45, 7) is 0. The van der Waals surface area contributed by atoms with E-state index in [0.717, 1.165) is 0 Å². The average Bonchev–Trinajstić information content (AvgIpc) is 0.811. The fourth-order valence-electron chi connectivity index (χ4n) is 0. The second-order valence-corrected chi connectivity index (χ2v) is 0.750. The number of hydrogen-bond acceptors (Lipinski definition) is 3. The first-order chi connectivity index (χ1) is 1.73. The largest absolute Gasteiger partial charge is 2.00 e. The van der Waals surface area contributed by atoms with Crippen molar-refractivity contribution in [1.82, 2.24) is 0 Å². The minimum Gasteiger partial charge on any atom is -0.813 e. The molecule has 0 saturated carbocycles. The Morgan fingerprint density at radius 3 is 1.40 bits per heavy atom. The van der Waals surface area contributed by atoms with Gasteiger partial charge in [0, 0.05) is 0 Å². The van der Waals surface area contributed by atoms with Crippen LogP contribution in [0.1, 0.15) is 0 Å². The summed E-state index contributed by atoms with van der Waals surface area (Å²) in [7, 11) is -3.63. The third-order valence-electron chi connectivity index (χ3n) is 0. The van der Waals surface area contributed by atoms with E-state index in [1.54, 1.807) is 0 Å². The van der Waals surface area contributed by atoms with Crippen molar-refractivity contribution < 1.29 is 31.4 Å². The molecule has 0 bridgehead atoms. The molecule has 0 aliphatic carbocycles. The van der Waals surface area contributed by atoms with Gasteiger partial charge >= 0.3 is 17.1 Å². The van der Waals surface area contributed by atoms with Crippen molar-refractivity contribution in [3.63, 3.8) is 0 Å². The van der Waals surface area contributed by atoms with Gasteiger partial charge in [-0.05, 0) is 0 Å². The predicted molar refractivity (Wildman–Crippen MR) is 9.00 cm³/mol. The standard InChI is InChI=1S/Cu.H3O3P/c;1-4(2)3/h;4H,(H2,1,2,3)/q+2;/p-2. The molecule has 0 aromatic carbocycles. The third kappa shape index (κ3) is 74.2. The van der Waals surface area contributed by atoms with Crippen LogP contribution in [0.25, 0.3) is 0 Å². The Kier molecular flexibility index (Phi) is 8.57. The van der Waals surface area contributed by atoms with Crippen LogP contribution in [0.5, 0.6) is 0 Å². The minimum absolute atomic E-state index is 0. The molecule has 5 heteroatoms. The van der Waals surface area contributed by atoms with Crippen molar-refractivity contribution in [1.29, 1.82) is 0 Å². The van der Waals surface area contributed by atoms with Crippen LogP contribution in [0, 0.1) is 0 Å².